The second kappa shape index (κ2) is 7.47. The summed E-state index contributed by atoms with van der Waals surface area (Å²) in [5.74, 6) is -6.51. The maximum absolute atomic E-state index is 13.0. The van der Waals surface area contributed by atoms with Crippen molar-refractivity contribution in [1.29, 1.82) is 0 Å². The molecule has 0 aromatic heterocycles. The third-order valence-corrected chi connectivity index (χ3v) is 4.49. The van der Waals surface area contributed by atoms with Crippen LogP contribution in [0.5, 0.6) is 0 Å². The van der Waals surface area contributed by atoms with E-state index in [0.29, 0.717) is 0 Å². The van der Waals surface area contributed by atoms with Gasteiger partial charge in [-0.05, 0) is 35.7 Å². The number of aromatic carboxylic acids is 4. The lowest BCUT2D eigenvalue weighted by Crippen LogP contribution is -2.12. The molecule has 0 bridgehead atoms. The van der Waals surface area contributed by atoms with Crippen molar-refractivity contribution >= 4 is 40.4 Å². The van der Waals surface area contributed by atoms with Gasteiger partial charge in [0.15, 0.2) is 5.78 Å². The van der Waals surface area contributed by atoms with Crippen molar-refractivity contribution in [3.05, 3.63) is 81.9 Å². The summed E-state index contributed by atoms with van der Waals surface area (Å²) in [4.78, 5) is 58.7. The molecule has 0 saturated heterocycles. The maximum Gasteiger partial charge on any atom is 0.336 e. The number of rotatable bonds is 6. The molecule has 0 aliphatic rings. The summed E-state index contributed by atoms with van der Waals surface area (Å²) in [6, 6.07) is 9.25. The number of hydrogen-bond donors (Lipinski definition) is 4. The van der Waals surface area contributed by atoms with E-state index in [4.69, 9.17) is 5.11 Å². The Balaban J connectivity index is 2.28. The second-order valence-corrected chi connectivity index (χ2v) is 6.20. The maximum atomic E-state index is 13.0. The molecule has 0 spiro atoms. The van der Waals surface area contributed by atoms with Gasteiger partial charge in [0.1, 0.15) is 0 Å². The standard InChI is InChI=1S/C21H12O9/c22-17(9-4-5-12(18(23)24)15(8-9)21(29)30)11-6-7-14(20(27)28)16-10(11)2-1-3-13(16)19(25)26/h1-8H,(H,23,24)(H,25,26)(H,27,28)(H,29,30). The number of hydrogen-bond acceptors (Lipinski definition) is 5. The number of carboxylic acid groups (broad SMARTS) is 4. The predicted octanol–water partition coefficient (Wildman–Crippen LogP) is 2.86. The Morgan fingerprint density at radius 1 is 0.533 bits per heavy atom. The molecular formula is C21H12O9. The highest BCUT2D eigenvalue weighted by Crippen LogP contribution is 2.29. The van der Waals surface area contributed by atoms with Crippen molar-refractivity contribution in [3.8, 4) is 0 Å². The summed E-state index contributed by atoms with van der Waals surface area (Å²) in [5, 5.41) is 37.1. The molecule has 0 fully saturated rings. The second-order valence-electron chi connectivity index (χ2n) is 6.20. The molecule has 0 heterocycles. The molecule has 0 amide bonds. The summed E-state index contributed by atoms with van der Waals surface area (Å²) in [6.07, 6.45) is 0. The lowest BCUT2D eigenvalue weighted by atomic mass is 9.91. The van der Waals surface area contributed by atoms with E-state index >= 15 is 0 Å². The first kappa shape index (κ1) is 20.2. The van der Waals surface area contributed by atoms with Crippen LogP contribution in [-0.2, 0) is 0 Å². The van der Waals surface area contributed by atoms with Crippen LogP contribution >= 0.6 is 0 Å². The zero-order valence-electron chi connectivity index (χ0n) is 14.9. The first-order valence-electron chi connectivity index (χ1n) is 8.31. The van der Waals surface area contributed by atoms with Crippen LogP contribution in [0, 0.1) is 0 Å². The molecule has 3 aromatic rings. The highest BCUT2D eigenvalue weighted by Gasteiger charge is 2.23. The van der Waals surface area contributed by atoms with Gasteiger partial charge in [-0.2, -0.15) is 0 Å². The topological polar surface area (TPSA) is 166 Å². The van der Waals surface area contributed by atoms with E-state index in [1.165, 1.54) is 24.3 Å². The fourth-order valence-corrected chi connectivity index (χ4v) is 3.17. The van der Waals surface area contributed by atoms with Gasteiger partial charge in [0.05, 0.1) is 22.3 Å². The van der Waals surface area contributed by atoms with Gasteiger partial charge in [-0.25, -0.2) is 19.2 Å². The summed E-state index contributed by atoms with van der Waals surface area (Å²) < 4.78 is 0. The zero-order valence-corrected chi connectivity index (χ0v) is 14.9. The molecule has 0 aliphatic carbocycles. The monoisotopic (exact) mass is 408 g/mol. The van der Waals surface area contributed by atoms with Gasteiger partial charge in [-0.3, -0.25) is 4.79 Å². The van der Waals surface area contributed by atoms with E-state index < -0.39 is 40.8 Å². The van der Waals surface area contributed by atoms with Crippen LogP contribution in [0.15, 0.2) is 48.5 Å². The van der Waals surface area contributed by atoms with Gasteiger partial charge >= 0.3 is 23.9 Å². The van der Waals surface area contributed by atoms with Crippen molar-refractivity contribution in [2.24, 2.45) is 0 Å². The number of carbonyl (C=O) groups excluding carboxylic acids is 1. The number of benzene rings is 3. The van der Waals surface area contributed by atoms with Crippen LogP contribution in [0.2, 0.25) is 0 Å². The molecule has 9 heteroatoms. The molecule has 4 N–H and O–H groups in total. The number of carbonyl (C=O) groups is 5. The first-order chi connectivity index (χ1) is 14.1. The molecule has 30 heavy (non-hydrogen) atoms. The summed E-state index contributed by atoms with van der Waals surface area (Å²) in [7, 11) is 0. The Bertz CT molecular complexity index is 1250. The minimum Gasteiger partial charge on any atom is -0.478 e. The molecule has 0 aliphatic heterocycles. The molecule has 3 aromatic carbocycles. The fourth-order valence-electron chi connectivity index (χ4n) is 3.17. The SMILES string of the molecule is O=C(O)c1ccc(C(=O)c2ccc(C(=O)O)c3c(C(=O)O)cccc23)cc1C(=O)O. The van der Waals surface area contributed by atoms with Crippen molar-refractivity contribution in [1.82, 2.24) is 0 Å². The Morgan fingerprint density at radius 3 is 1.60 bits per heavy atom. The van der Waals surface area contributed by atoms with Gasteiger partial charge in [-0.15, -0.1) is 0 Å². The van der Waals surface area contributed by atoms with E-state index in [0.717, 1.165) is 24.3 Å². The van der Waals surface area contributed by atoms with Crippen LogP contribution < -0.4 is 0 Å². The molecule has 0 atom stereocenters. The van der Waals surface area contributed by atoms with Crippen LogP contribution in [0.3, 0.4) is 0 Å². The van der Waals surface area contributed by atoms with E-state index in [9.17, 15) is 39.3 Å². The quantitative estimate of drug-likeness (QED) is 0.448. The fraction of sp³-hybridized carbons (Fsp3) is 0. The Morgan fingerprint density at radius 2 is 1.03 bits per heavy atom. The van der Waals surface area contributed by atoms with Gasteiger partial charge in [0.25, 0.3) is 0 Å². The van der Waals surface area contributed by atoms with Crippen LogP contribution in [0.25, 0.3) is 10.8 Å². The van der Waals surface area contributed by atoms with Crippen LogP contribution in [-0.4, -0.2) is 50.1 Å². The van der Waals surface area contributed by atoms with Crippen molar-refractivity contribution < 1.29 is 44.4 Å². The van der Waals surface area contributed by atoms with E-state index in [-0.39, 0.29) is 33.0 Å². The van der Waals surface area contributed by atoms with E-state index in [1.54, 1.807) is 0 Å². The smallest absolute Gasteiger partial charge is 0.336 e. The average Bonchev–Trinajstić information content (AvgIpc) is 2.71. The molecule has 150 valence electrons. The molecule has 0 unspecified atom stereocenters. The molecular weight excluding hydrogens is 396 g/mol. The van der Waals surface area contributed by atoms with Crippen LogP contribution in [0.4, 0.5) is 0 Å². The predicted molar refractivity (Wildman–Crippen MR) is 102 cm³/mol. The summed E-state index contributed by atoms with van der Waals surface area (Å²) >= 11 is 0. The van der Waals surface area contributed by atoms with Crippen molar-refractivity contribution in [3.63, 3.8) is 0 Å². The largest absolute Gasteiger partial charge is 0.478 e. The van der Waals surface area contributed by atoms with Gasteiger partial charge in [0.2, 0.25) is 0 Å². The Hall–Kier alpha value is -4.53. The highest BCUT2D eigenvalue weighted by molar-refractivity contribution is 6.22. The van der Waals surface area contributed by atoms with E-state index in [1.807, 2.05) is 0 Å². The Labute approximate surface area is 167 Å². The number of carboxylic acids is 4. The van der Waals surface area contributed by atoms with Crippen molar-refractivity contribution in [2.45, 2.75) is 0 Å². The van der Waals surface area contributed by atoms with Crippen LogP contribution in [0.1, 0.15) is 57.4 Å². The molecule has 3 rings (SSSR count). The number of ketones is 1. The zero-order chi connectivity index (χ0) is 22.2. The third-order valence-electron chi connectivity index (χ3n) is 4.49. The normalized spacial score (nSPS) is 10.5. The summed E-state index contributed by atoms with van der Waals surface area (Å²) in [5.41, 5.74) is -1.93. The lowest BCUT2D eigenvalue weighted by Gasteiger charge is -2.12. The minimum absolute atomic E-state index is 0.0546. The van der Waals surface area contributed by atoms with Crippen molar-refractivity contribution in [2.75, 3.05) is 0 Å². The van der Waals surface area contributed by atoms with Gasteiger partial charge in [-0.1, -0.05) is 18.2 Å². The summed E-state index contributed by atoms with van der Waals surface area (Å²) in [6.45, 7) is 0. The van der Waals surface area contributed by atoms with Gasteiger partial charge in [0, 0.05) is 16.5 Å². The average molecular weight is 408 g/mol. The Kier molecular flexibility index (Phi) is 5.03. The number of fused-ring (bicyclic) bond motifs is 1. The lowest BCUT2D eigenvalue weighted by molar-refractivity contribution is 0.0651. The molecule has 9 nitrogen and oxygen atoms in total. The highest BCUT2D eigenvalue weighted by atomic mass is 16.4. The van der Waals surface area contributed by atoms with Gasteiger partial charge < -0.3 is 20.4 Å². The molecule has 0 saturated carbocycles. The van der Waals surface area contributed by atoms with E-state index in [2.05, 4.69) is 0 Å². The first-order valence-corrected chi connectivity index (χ1v) is 8.31. The minimum atomic E-state index is -1.54. The molecule has 0 radical (unpaired) electrons. The third kappa shape index (κ3) is 3.35.